The third kappa shape index (κ3) is 3.60. The van der Waals surface area contributed by atoms with Crippen molar-refractivity contribution >= 4 is 5.91 Å². The van der Waals surface area contributed by atoms with Crippen LogP contribution >= 0.6 is 0 Å². The van der Waals surface area contributed by atoms with E-state index in [1.165, 1.54) is 38.5 Å². The first-order valence-corrected chi connectivity index (χ1v) is 10.2. The van der Waals surface area contributed by atoms with Crippen LogP contribution < -0.4 is 5.32 Å². The molecule has 4 saturated carbocycles. The van der Waals surface area contributed by atoms with Crippen molar-refractivity contribution in [3.8, 4) is 0 Å². The fraction of sp³-hybridized carbons (Fsp3) is 0.950. The number of hydrogen-bond donors (Lipinski definition) is 1. The maximum atomic E-state index is 13.1. The van der Waals surface area contributed by atoms with E-state index in [1.54, 1.807) is 7.11 Å². The lowest BCUT2D eigenvalue weighted by atomic mass is 9.53. The van der Waals surface area contributed by atoms with Gasteiger partial charge in [-0.25, -0.2) is 0 Å². The molecule has 142 valence electrons. The summed E-state index contributed by atoms with van der Waals surface area (Å²) in [5, 5.41) is 3.53. The van der Waals surface area contributed by atoms with Crippen molar-refractivity contribution in [1.29, 1.82) is 0 Å². The molecule has 3 atom stereocenters. The SMILES string of the molecule is COCC1CN(C(C)C(=O)NC23CC4CC(CC(C4)C2)C3)CC(C)O1. The van der Waals surface area contributed by atoms with Gasteiger partial charge in [0.25, 0.3) is 0 Å². The third-order valence-electron chi connectivity index (χ3n) is 7.06. The number of ether oxygens (including phenoxy) is 2. The van der Waals surface area contributed by atoms with Gasteiger partial charge in [-0.1, -0.05) is 0 Å². The van der Waals surface area contributed by atoms with Gasteiger partial charge in [0.05, 0.1) is 24.9 Å². The van der Waals surface area contributed by atoms with Crippen molar-refractivity contribution in [3.63, 3.8) is 0 Å². The Morgan fingerprint density at radius 1 is 1.20 bits per heavy atom. The normalized spacial score (nSPS) is 44.7. The van der Waals surface area contributed by atoms with Crippen LogP contribution in [0.1, 0.15) is 52.4 Å². The topological polar surface area (TPSA) is 50.8 Å². The number of hydrogen-bond acceptors (Lipinski definition) is 4. The molecule has 1 saturated heterocycles. The summed E-state index contributed by atoms with van der Waals surface area (Å²) in [6.45, 7) is 6.31. The molecule has 1 heterocycles. The number of methoxy groups -OCH3 is 1. The summed E-state index contributed by atoms with van der Waals surface area (Å²) in [6, 6.07) is -0.0984. The summed E-state index contributed by atoms with van der Waals surface area (Å²) in [5.74, 6) is 2.79. The molecule has 4 bridgehead atoms. The monoisotopic (exact) mass is 350 g/mol. The Bertz CT molecular complexity index is 474. The molecule has 1 aliphatic heterocycles. The van der Waals surface area contributed by atoms with Crippen LogP contribution in [0, 0.1) is 17.8 Å². The zero-order valence-electron chi connectivity index (χ0n) is 16.0. The van der Waals surface area contributed by atoms with Crippen LogP contribution in [0.2, 0.25) is 0 Å². The zero-order chi connectivity index (χ0) is 17.6. The number of carbonyl (C=O) groups is 1. The van der Waals surface area contributed by atoms with Crippen LogP contribution in [0.15, 0.2) is 0 Å². The van der Waals surface area contributed by atoms with E-state index < -0.39 is 0 Å². The Balaban J connectivity index is 1.39. The first-order chi connectivity index (χ1) is 12.0. The minimum Gasteiger partial charge on any atom is -0.382 e. The summed E-state index contributed by atoms with van der Waals surface area (Å²) >= 11 is 0. The van der Waals surface area contributed by atoms with Gasteiger partial charge in [-0.2, -0.15) is 0 Å². The molecule has 0 aromatic rings. The largest absolute Gasteiger partial charge is 0.382 e. The van der Waals surface area contributed by atoms with E-state index in [-0.39, 0.29) is 29.7 Å². The molecule has 5 aliphatic rings. The maximum absolute atomic E-state index is 13.1. The molecular formula is C20H34N2O3. The molecule has 5 rings (SSSR count). The van der Waals surface area contributed by atoms with Crippen LogP contribution in [-0.4, -0.2) is 61.4 Å². The second kappa shape index (κ2) is 6.82. The fourth-order valence-corrected chi connectivity index (χ4v) is 6.47. The highest BCUT2D eigenvalue weighted by Crippen LogP contribution is 2.55. The molecule has 0 aromatic heterocycles. The van der Waals surface area contributed by atoms with Gasteiger partial charge in [0.1, 0.15) is 0 Å². The smallest absolute Gasteiger partial charge is 0.237 e. The molecule has 5 fully saturated rings. The summed E-state index contributed by atoms with van der Waals surface area (Å²) in [6.07, 6.45) is 8.06. The quantitative estimate of drug-likeness (QED) is 0.826. The van der Waals surface area contributed by atoms with Gasteiger partial charge in [-0.15, -0.1) is 0 Å². The van der Waals surface area contributed by atoms with Crippen LogP contribution in [-0.2, 0) is 14.3 Å². The summed E-state index contributed by atoms with van der Waals surface area (Å²) in [4.78, 5) is 15.3. The number of rotatable bonds is 5. The summed E-state index contributed by atoms with van der Waals surface area (Å²) in [7, 11) is 1.70. The lowest BCUT2D eigenvalue weighted by Gasteiger charge is -2.57. The average Bonchev–Trinajstić information content (AvgIpc) is 2.52. The maximum Gasteiger partial charge on any atom is 0.237 e. The van der Waals surface area contributed by atoms with Crippen molar-refractivity contribution < 1.29 is 14.3 Å². The summed E-state index contributed by atoms with van der Waals surface area (Å²) in [5.41, 5.74) is 0.101. The van der Waals surface area contributed by atoms with Gasteiger partial charge in [0, 0.05) is 25.7 Å². The minimum absolute atomic E-state index is 0.0588. The van der Waals surface area contributed by atoms with Gasteiger partial charge in [-0.05, 0) is 70.1 Å². The number of morpholine rings is 1. The van der Waals surface area contributed by atoms with Gasteiger partial charge < -0.3 is 14.8 Å². The first kappa shape index (κ1) is 17.7. The molecule has 1 N–H and O–H groups in total. The Morgan fingerprint density at radius 2 is 1.80 bits per heavy atom. The molecule has 1 amide bonds. The fourth-order valence-electron chi connectivity index (χ4n) is 6.47. The molecule has 5 nitrogen and oxygen atoms in total. The second-order valence-electron chi connectivity index (χ2n) is 9.34. The molecule has 25 heavy (non-hydrogen) atoms. The molecule has 0 spiro atoms. The van der Waals surface area contributed by atoms with Crippen molar-refractivity contribution in [1.82, 2.24) is 10.2 Å². The van der Waals surface area contributed by atoms with Crippen LogP contribution in [0.5, 0.6) is 0 Å². The zero-order valence-corrected chi connectivity index (χ0v) is 16.0. The van der Waals surface area contributed by atoms with Crippen molar-refractivity contribution in [2.45, 2.75) is 76.2 Å². The van der Waals surface area contributed by atoms with Crippen LogP contribution in [0.4, 0.5) is 0 Å². The Morgan fingerprint density at radius 3 is 2.36 bits per heavy atom. The predicted molar refractivity (Wildman–Crippen MR) is 96.3 cm³/mol. The van der Waals surface area contributed by atoms with Crippen LogP contribution in [0.25, 0.3) is 0 Å². The minimum atomic E-state index is -0.0984. The molecular weight excluding hydrogens is 316 g/mol. The van der Waals surface area contributed by atoms with E-state index in [1.807, 2.05) is 0 Å². The van der Waals surface area contributed by atoms with Gasteiger partial charge in [0.15, 0.2) is 0 Å². The Hall–Kier alpha value is -0.650. The Labute approximate surface area is 151 Å². The lowest BCUT2D eigenvalue weighted by molar-refractivity contribution is -0.141. The molecule has 3 unspecified atom stereocenters. The van der Waals surface area contributed by atoms with Gasteiger partial charge in [-0.3, -0.25) is 9.69 Å². The highest BCUT2D eigenvalue weighted by Gasteiger charge is 2.52. The molecule has 4 aliphatic carbocycles. The molecule has 0 radical (unpaired) electrons. The number of amides is 1. The van der Waals surface area contributed by atoms with E-state index in [4.69, 9.17) is 9.47 Å². The van der Waals surface area contributed by atoms with E-state index in [0.29, 0.717) is 6.61 Å². The first-order valence-electron chi connectivity index (χ1n) is 10.2. The highest BCUT2D eigenvalue weighted by molar-refractivity contribution is 5.82. The third-order valence-corrected chi connectivity index (χ3v) is 7.06. The van der Waals surface area contributed by atoms with Crippen LogP contribution in [0.3, 0.4) is 0 Å². The molecule has 0 aromatic carbocycles. The van der Waals surface area contributed by atoms with E-state index in [0.717, 1.165) is 30.8 Å². The standard InChI is InChI=1S/C20H34N2O3/c1-13-10-22(11-18(25-13)12-24-3)14(2)19(23)21-20-7-15-4-16(8-20)6-17(5-15)9-20/h13-18H,4-12H2,1-3H3,(H,21,23). The van der Waals surface area contributed by atoms with Gasteiger partial charge in [0.2, 0.25) is 5.91 Å². The van der Waals surface area contributed by atoms with Crippen molar-refractivity contribution in [2.75, 3.05) is 26.8 Å². The highest BCUT2D eigenvalue weighted by atomic mass is 16.5. The lowest BCUT2D eigenvalue weighted by Crippen LogP contribution is -2.63. The number of carbonyl (C=O) groups excluding carboxylic acids is 1. The predicted octanol–water partition coefficient (Wildman–Crippen LogP) is 2.20. The van der Waals surface area contributed by atoms with Crippen molar-refractivity contribution in [2.24, 2.45) is 17.8 Å². The second-order valence-corrected chi connectivity index (χ2v) is 9.34. The van der Waals surface area contributed by atoms with E-state index in [2.05, 4.69) is 24.1 Å². The number of nitrogens with zero attached hydrogens (tertiary/aromatic N) is 1. The molecule has 5 heteroatoms. The van der Waals surface area contributed by atoms with Crippen molar-refractivity contribution in [3.05, 3.63) is 0 Å². The average molecular weight is 351 g/mol. The van der Waals surface area contributed by atoms with Gasteiger partial charge >= 0.3 is 0 Å². The van der Waals surface area contributed by atoms with E-state index >= 15 is 0 Å². The Kier molecular flexibility index (Phi) is 4.84. The summed E-state index contributed by atoms with van der Waals surface area (Å²) < 4.78 is 11.2. The van der Waals surface area contributed by atoms with E-state index in [9.17, 15) is 4.79 Å². The number of nitrogens with one attached hydrogen (secondary N) is 1.